The number of hydrogen-bond donors (Lipinski definition) is 1. The first-order chi connectivity index (χ1) is 16.9. The van der Waals surface area contributed by atoms with E-state index >= 15 is 0 Å². The van der Waals surface area contributed by atoms with Crippen LogP contribution in [0.3, 0.4) is 0 Å². The Labute approximate surface area is 203 Å². The number of rotatable bonds is 5. The molecule has 2 amide bonds. The predicted octanol–water partition coefficient (Wildman–Crippen LogP) is 6.45. The second-order valence-corrected chi connectivity index (χ2v) is 8.58. The lowest BCUT2D eigenvalue weighted by molar-refractivity contribution is 0.244. The molecule has 1 unspecified atom stereocenters. The lowest BCUT2D eigenvalue weighted by Crippen LogP contribution is -2.46. The Kier molecular flexibility index (Phi) is 5.91. The van der Waals surface area contributed by atoms with Gasteiger partial charge in [0.25, 0.3) is 5.89 Å². The van der Waals surface area contributed by atoms with Gasteiger partial charge >= 0.3 is 6.03 Å². The largest absolute Gasteiger partial charge is 0.334 e. The number of hydrogen-bond acceptors (Lipinski definition) is 4. The van der Waals surface area contributed by atoms with Crippen LogP contribution >= 0.6 is 0 Å². The number of amides is 2. The van der Waals surface area contributed by atoms with Crippen LogP contribution in [0.2, 0.25) is 0 Å². The number of carbonyl (C=O) groups is 1. The van der Waals surface area contributed by atoms with Gasteiger partial charge < -0.3 is 9.84 Å². The molecule has 0 radical (unpaired) electrons. The summed E-state index contributed by atoms with van der Waals surface area (Å²) in [5, 5.41) is 7.26. The van der Waals surface area contributed by atoms with E-state index in [0.717, 1.165) is 23.2 Å². The Morgan fingerprint density at radius 1 is 1.03 bits per heavy atom. The fourth-order valence-corrected chi connectivity index (χ4v) is 4.34. The molecule has 0 spiro atoms. The SMILES string of the molecule is CCc1ccc(C2NC(=O)N(c3cccc(C)c3)C(C)=C2c2nc(-c3ccc(F)cc3)no2)cc1. The summed E-state index contributed by atoms with van der Waals surface area (Å²) < 4.78 is 19.1. The molecule has 1 atom stereocenters. The van der Waals surface area contributed by atoms with Crippen molar-refractivity contribution in [3.05, 3.63) is 107 Å². The van der Waals surface area contributed by atoms with Gasteiger partial charge in [0.15, 0.2) is 0 Å². The Balaban J connectivity index is 1.64. The van der Waals surface area contributed by atoms with Crippen LogP contribution in [-0.4, -0.2) is 16.2 Å². The van der Waals surface area contributed by atoms with Crippen LogP contribution in [0.5, 0.6) is 0 Å². The molecule has 1 N–H and O–H groups in total. The number of aryl methyl sites for hydroxylation is 2. The van der Waals surface area contributed by atoms with Crippen LogP contribution in [-0.2, 0) is 6.42 Å². The van der Waals surface area contributed by atoms with E-state index < -0.39 is 6.04 Å². The summed E-state index contributed by atoms with van der Waals surface area (Å²) in [6.45, 7) is 5.96. The highest BCUT2D eigenvalue weighted by Gasteiger charge is 2.36. The fraction of sp³-hybridized carbons (Fsp3) is 0.179. The van der Waals surface area contributed by atoms with Gasteiger partial charge in [0, 0.05) is 11.3 Å². The first kappa shape index (κ1) is 22.5. The summed E-state index contributed by atoms with van der Waals surface area (Å²) in [6.07, 6.45) is 0.921. The lowest BCUT2D eigenvalue weighted by atomic mass is 9.93. The zero-order chi connectivity index (χ0) is 24.5. The van der Waals surface area contributed by atoms with Gasteiger partial charge in [0.2, 0.25) is 5.82 Å². The van der Waals surface area contributed by atoms with Crippen molar-refractivity contribution in [2.75, 3.05) is 4.90 Å². The maximum absolute atomic E-state index is 13.4. The number of allylic oxidation sites excluding steroid dienone is 1. The normalized spacial score (nSPS) is 15.9. The predicted molar refractivity (Wildman–Crippen MR) is 133 cm³/mol. The van der Waals surface area contributed by atoms with Gasteiger partial charge in [-0.05, 0) is 73.4 Å². The second kappa shape index (κ2) is 9.18. The molecule has 0 aliphatic carbocycles. The maximum atomic E-state index is 13.4. The van der Waals surface area contributed by atoms with Crippen LogP contribution in [0.15, 0.2) is 83.0 Å². The number of halogens is 1. The van der Waals surface area contributed by atoms with Crippen molar-refractivity contribution in [2.45, 2.75) is 33.2 Å². The van der Waals surface area contributed by atoms with E-state index in [2.05, 4.69) is 34.5 Å². The Morgan fingerprint density at radius 3 is 2.46 bits per heavy atom. The molecule has 0 fully saturated rings. The van der Waals surface area contributed by atoms with Crippen molar-refractivity contribution in [3.8, 4) is 11.4 Å². The van der Waals surface area contributed by atoms with Crippen molar-refractivity contribution < 1.29 is 13.7 Å². The van der Waals surface area contributed by atoms with E-state index in [9.17, 15) is 9.18 Å². The molecule has 1 aliphatic rings. The van der Waals surface area contributed by atoms with Gasteiger partial charge in [0.05, 0.1) is 17.3 Å². The molecule has 1 aromatic heterocycles. The lowest BCUT2D eigenvalue weighted by Gasteiger charge is -2.35. The third kappa shape index (κ3) is 4.33. The van der Waals surface area contributed by atoms with Gasteiger partial charge in [-0.3, -0.25) is 4.90 Å². The zero-order valence-electron chi connectivity index (χ0n) is 19.7. The molecule has 0 saturated heterocycles. The van der Waals surface area contributed by atoms with Crippen molar-refractivity contribution in [3.63, 3.8) is 0 Å². The third-order valence-electron chi connectivity index (χ3n) is 6.22. The van der Waals surface area contributed by atoms with Crippen LogP contribution in [0, 0.1) is 12.7 Å². The Hall–Kier alpha value is -4.26. The fourth-order valence-electron chi connectivity index (χ4n) is 4.34. The highest BCUT2D eigenvalue weighted by molar-refractivity contribution is 6.01. The summed E-state index contributed by atoms with van der Waals surface area (Å²) in [5.74, 6) is 0.304. The van der Waals surface area contributed by atoms with Crippen molar-refractivity contribution >= 4 is 17.3 Å². The average Bonchev–Trinajstić information content (AvgIpc) is 3.34. The van der Waals surface area contributed by atoms with Gasteiger partial charge in [-0.1, -0.05) is 48.5 Å². The monoisotopic (exact) mass is 468 g/mol. The van der Waals surface area contributed by atoms with Gasteiger partial charge in [-0.2, -0.15) is 4.98 Å². The smallest absolute Gasteiger partial charge is 0.326 e. The molecule has 2 heterocycles. The van der Waals surface area contributed by atoms with Crippen LogP contribution in [0.4, 0.5) is 14.9 Å². The van der Waals surface area contributed by atoms with Crippen molar-refractivity contribution in [1.82, 2.24) is 15.5 Å². The summed E-state index contributed by atoms with van der Waals surface area (Å²) in [4.78, 5) is 19.6. The molecular formula is C28H25FN4O2. The molecule has 7 heteroatoms. The van der Waals surface area contributed by atoms with Crippen LogP contribution in [0.25, 0.3) is 17.0 Å². The molecule has 3 aromatic carbocycles. The number of anilines is 1. The first-order valence-electron chi connectivity index (χ1n) is 11.5. The van der Waals surface area contributed by atoms with Crippen LogP contribution in [0.1, 0.15) is 42.5 Å². The average molecular weight is 469 g/mol. The number of aromatic nitrogens is 2. The van der Waals surface area contributed by atoms with E-state index in [0.29, 0.717) is 28.5 Å². The van der Waals surface area contributed by atoms with E-state index in [4.69, 9.17) is 4.52 Å². The number of urea groups is 1. The summed E-state index contributed by atoms with van der Waals surface area (Å²) in [6, 6.07) is 21.1. The summed E-state index contributed by atoms with van der Waals surface area (Å²) >= 11 is 0. The molecule has 176 valence electrons. The zero-order valence-corrected chi connectivity index (χ0v) is 19.7. The van der Waals surface area contributed by atoms with Crippen molar-refractivity contribution in [1.29, 1.82) is 0 Å². The quantitative estimate of drug-likeness (QED) is 0.365. The summed E-state index contributed by atoms with van der Waals surface area (Å²) in [7, 11) is 0. The number of carbonyl (C=O) groups excluding carboxylic acids is 1. The number of nitrogens with one attached hydrogen (secondary N) is 1. The van der Waals surface area contributed by atoms with E-state index in [1.165, 1.54) is 17.7 Å². The molecule has 35 heavy (non-hydrogen) atoms. The highest BCUT2D eigenvalue weighted by Crippen LogP contribution is 2.39. The molecule has 4 aromatic rings. The number of benzene rings is 3. The Bertz CT molecular complexity index is 1410. The molecule has 1 aliphatic heterocycles. The van der Waals surface area contributed by atoms with E-state index in [-0.39, 0.29) is 11.8 Å². The van der Waals surface area contributed by atoms with Gasteiger partial charge in [-0.25, -0.2) is 9.18 Å². The second-order valence-electron chi connectivity index (χ2n) is 8.58. The number of nitrogens with zero attached hydrogens (tertiary/aromatic N) is 3. The molecule has 5 rings (SSSR count). The van der Waals surface area contributed by atoms with Gasteiger partial charge in [-0.15, -0.1) is 0 Å². The van der Waals surface area contributed by atoms with E-state index in [1.54, 1.807) is 17.0 Å². The molecule has 6 nitrogen and oxygen atoms in total. The van der Waals surface area contributed by atoms with E-state index in [1.807, 2.05) is 50.2 Å². The standard InChI is InChI=1S/C28H25FN4O2/c1-4-19-8-10-20(11-9-19)25-24(27-31-26(32-35-27)21-12-14-22(29)15-13-21)18(3)33(28(34)30-25)23-7-5-6-17(2)16-23/h5-16,25H,4H2,1-3H3,(H,30,34). The molecule has 0 bridgehead atoms. The minimum absolute atomic E-state index is 0.236. The Morgan fingerprint density at radius 2 is 1.77 bits per heavy atom. The molecular weight excluding hydrogens is 443 g/mol. The third-order valence-corrected chi connectivity index (χ3v) is 6.22. The highest BCUT2D eigenvalue weighted by atomic mass is 19.1. The van der Waals surface area contributed by atoms with Crippen molar-refractivity contribution in [2.24, 2.45) is 0 Å². The van der Waals surface area contributed by atoms with Crippen LogP contribution < -0.4 is 10.2 Å². The van der Waals surface area contributed by atoms with Gasteiger partial charge in [0.1, 0.15) is 5.82 Å². The summed E-state index contributed by atoms with van der Waals surface area (Å²) in [5.41, 5.74) is 5.94. The molecule has 0 saturated carbocycles. The minimum atomic E-state index is -0.476. The maximum Gasteiger partial charge on any atom is 0.326 e. The first-order valence-corrected chi connectivity index (χ1v) is 11.5. The topological polar surface area (TPSA) is 71.3 Å². The minimum Gasteiger partial charge on any atom is -0.334 e.